The van der Waals surface area contributed by atoms with Gasteiger partial charge >= 0.3 is 0 Å². The summed E-state index contributed by atoms with van der Waals surface area (Å²) in [6, 6.07) is 1.88. The number of unbranched alkanes of at least 4 members (excludes halogenated alkanes) is 4. The Balaban J connectivity index is 2.36. The van der Waals surface area contributed by atoms with Crippen LogP contribution in [0.5, 0.6) is 5.75 Å². The normalized spacial score (nSPS) is 12.4. The molecular formula is C15H25NO2. The average molecular weight is 251 g/mol. The van der Waals surface area contributed by atoms with Crippen molar-refractivity contribution in [2.45, 2.75) is 58.5 Å². The van der Waals surface area contributed by atoms with Crippen LogP contribution in [0.4, 0.5) is 0 Å². The molecule has 1 heterocycles. The monoisotopic (exact) mass is 251 g/mol. The van der Waals surface area contributed by atoms with Gasteiger partial charge in [-0.05, 0) is 19.4 Å². The minimum absolute atomic E-state index is 0.417. The maximum Gasteiger partial charge on any atom is 0.137 e. The van der Waals surface area contributed by atoms with Crippen molar-refractivity contribution >= 4 is 0 Å². The van der Waals surface area contributed by atoms with E-state index in [2.05, 4.69) is 11.9 Å². The van der Waals surface area contributed by atoms with Gasteiger partial charge in [0.25, 0.3) is 0 Å². The van der Waals surface area contributed by atoms with Gasteiger partial charge in [-0.1, -0.05) is 39.0 Å². The fourth-order valence-corrected chi connectivity index (χ4v) is 1.97. The topological polar surface area (TPSA) is 42.4 Å². The molecule has 0 fully saturated rings. The number of aliphatic hydroxyl groups is 1. The first-order valence-electron chi connectivity index (χ1n) is 7.03. The van der Waals surface area contributed by atoms with Crippen molar-refractivity contribution in [1.82, 2.24) is 4.98 Å². The molecule has 1 rings (SSSR count). The van der Waals surface area contributed by atoms with E-state index in [0.717, 1.165) is 24.2 Å². The van der Waals surface area contributed by atoms with Crippen LogP contribution in [0.1, 0.15) is 64.0 Å². The molecule has 102 valence electrons. The third-order valence-corrected chi connectivity index (χ3v) is 3.01. The highest BCUT2D eigenvalue weighted by Gasteiger charge is 2.08. The molecule has 0 saturated carbocycles. The minimum Gasteiger partial charge on any atom is -0.492 e. The van der Waals surface area contributed by atoms with Gasteiger partial charge in [-0.15, -0.1) is 0 Å². The molecule has 1 aromatic heterocycles. The second kappa shape index (κ2) is 8.92. The molecule has 0 amide bonds. The predicted octanol–water partition coefficient (Wildman–Crippen LogP) is 3.87. The zero-order valence-electron chi connectivity index (χ0n) is 11.6. The highest BCUT2D eigenvalue weighted by molar-refractivity contribution is 5.25. The Kier molecular flexibility index (Phi) is 7.42. The smallest absolute Gasteiger partial charge is 0.137 e. The lowest BCUT2D eigenvalue weighted by Gasteiger charge is -2.11. The number of rotatable bonds is 9. The third-order valence-electron chi connectivity index (χ3n) is 3.01. The second-order valence-corrected chi connectivity index (χ2v) is 4.61. The van der Waals surface area contributed by atoms with Crippen LogP contribution in [-0.2, 0) is 0 Å². The predicted molar refractivity (Wildman–Crippen MR) is 73.7 cm³/mol. The molecular weight excluding hydrogens is 226 g/mol. The summed E-state index contributed by atoms with van der Waals surface area (Å²) in [5, 5.41) is 10.1. The van der Waals surface area contributed by atoms with Crippen molar-refractivity contribution in [3.05, 3.63) is 24.0 Å². The van der Waals surface area contributed by atoms with Crippen LogP contribution >= 0.6 is 0 Å². The molecule has 0 radical (unpaired) electrons. The summed E-state index contributed by atoms with van der Waals surface area (Å²) >= 11 is 0. The molecule has 1 aromatic rings. The first-order chi connectivity index (χ1) is 8.77. The van der Waals surface area contributed by atoms with Gasteiger partial charge in [0.1, 0.15) is 5.75 Å². The number of nitrogens with zero attached hydrogens (tertiary/aromatic N) is 1. The number of ether oxygens (including phenoxy) is 1. The van der Waals surface area contributed by atoms with E-state index in [-0.39, 0.29) is 0 Å². The highest BCUT2D eigenvalue weighted by atomic mass is 16.5. The Morgan fingerprint density at radius 3 is 2.67 bits per heavy atom. The standard InChI is InChI=1S/C15H25NO2/c1-3-5-6-7-8-9-15(17)13-10-14(18-4-2)12-16-11-13/h10-12,15,17H,3-9H2,1-2H3. The van der Waals surface area contributed by atoms with E-state index in [4.69, 9.17) is 4.74 Å². The number of aromatic nitrogens is 1. The van der Waals surface area contributed by atoms with Crippen LogP contribution in [0, 0.1) is 0 Å². The summed E-state index contributed by atoms with van der Waals surface area (Å²) in [4.78, 5) is 4.10. The minimum atomic E-state index is -0.417. The van der Waals surface area contributed by atoms with Crippen molar-refractivity contribution in [3.63, 3.8) is 0 Å². The highest BCUT2D eigenvalue weighted by Crippen LogP contribution is 2.22. The zero-order chi connectivity index (χ0) is 13.2. The van der Waals surface area contributed by atoms with Crippen molar-refractivity contribution in [3.8, 4) is 5.75 Å². The van der Waals surface area contributed by atoms with Gasteiger partial charge in [0.15, 0.2) is 0 Å². The molecule has 0 aliphatic heterocycles. The summed E-state index contributed by atoms with van der Waals surface area (Å²) in [6.45, 7) is 4.77. The van der Waals surface area contributed by atoms with Gasteiger partial charge < -0.3 is 9.84 Å². The molecule has 3 heteroatoms. The Hall–Kier alpha value is -1.09. The maximum atomic E-state index is 10.1. The maximum absolute atomic E-state index is 10.1. The molecule has 0 spiro atoms. The Labute approximate surface area is 110 Å². The number of aliphatic hydroxyl groups excluding tert-OH is 1. The van der Waals surface area contributed by atoms with Crippen LogP contribution in [0.25, 0.3) is 0 Å². The SMILES string of the molecule is CCCCCCCC(O)c1cncc(OCC)c1. The van der Waals surface area contributed by atoms with E-state index >= 15 is 0 Å². The van der Waals surface area contributed by atoms with Crippen LogP contribution in [0.3, 0.4) is 0 Å². The number of pyridine rings is 1. The summed E-state index contributed by atoms with van der Waals surface area (Å²) in [5.74, 6) is 0.736. The fourth-order valence-electron chi connectivity index (χ4n) is 1.97. The van der Waals surface area contributed by atoms with Gasteiger partial charge in [0.2, 0.25) is 0 Å². The molecule has 0 bridgehead atoms. The van der Waals surface area contributed by atoms with Gasteiger partial charge in [0, 0.05) is 11.8 Å². The van der Waals surface area contributed by atoms with E-state index in [1.165, 1.54) is 25.7 Å². The van der Waals surface area contributed by atoms with Gasteiger partial charge in [-0.2, -0.15) is 0 Å². The molecule has 1 N–H and O–H groups in total. The third kappa shape index (κ3) is 5.50. The van der Waals surface area contributed by atoms with Crippen LogP contribution in [0.15, 0.2) is 18.5 Å². The van der Waals surface area contributed by atoms with E-state index < -0.39 is 6.10 Å². The second-order valence-electron chi connectivity index (χ2n) is 4.61. The van der Waals surface area contributed by atoms with Crippen LogP contribution < -0.4 is 4.74 Å². The van der Waals surface area contributed by atoms with Gasteiger partial charge in [-0.3, -0.25) is 4.98 Å². The van der Waals surface area contributed by atoms with Crippen molar-refractivity contribution in [2.75, 3.05) is 6.61 Å². The molecule has 0 saturated heterocycles. The van der Waals surface area contributed by atoms with E-state index in [9.17, 15) is 5.11 Å². The van der Waals surface area contributed by atoms with Crippen LogP contribution in [0.2, 0.25) is 0 Å². The van der Waals surface area contributed by atoms with Gasteiger partial charge in [-0.25, -0.2) is 0 Å². The van der Waals surface area contributed by atoms with Crippen molar-refractivity contribution in [2.24, 2.45) is 0 Å². The summed E-state index contributed by atoms with van der Waals surface area (Å²) in [5.41, 5.74) is 0.858. The average Bonchev–Trinajstić information content (AvgIpc) is 2.39. The fraction of sp³-hybridized carbons (Fsp3) is 0.667. The van der Waals surface area contributed by atoms with E-state index in [1.807, 2.05) is 13.0 Å². The number of hydrogen-bond donors (Lipinski definition) is 1. The number of hydrogen-bond acceptors (Lipinski definition) is 3. The lowest BCUT2D eigenvalue weighted by molar-refractivity contribution is 0.162. The quantitative estimate of drug-likeness (QED) is 0.677. The van der Waals surface area contributed by atoms with E-state index in [1.54, 1.807) is 12.4 Å². The largest absolute Gasteiger partial charge is 0.492 e. The lowest BCUT2D eigenvalue weighted by Crippen LogP contribution is -2.00. The Bertz CT molecular complexity index is 328. The molecule has 1 atom stereocenters. The van der Waals surface area contributed by atoms with E-state index in [0.29, 0.717) is 6.61 Å². The van der Waals surface area contributed by atoms with Crippen molar-refractivity contribution < 1.29 is 9.84 Å². The molecule has 3 nitrogen and oxygen atoms in total. The molecule has 18 heavy (non-hydrogen) atoms. The van der Waals surface area contributed by atoms with Crippen molar-refractivity contribution in [1.29, 1.82) is 0 Å². The lowest BCUT2D eigenvalue weighted by atomic mass is 10.0. The Morgan fingerprint density at radius 1 is 1.17 bits per heavy atom. The molecule has 0 aliphatic carbocycles. The summed E-state index contributed by atoms with van der Waals surface area (Å²) < 4.78 is 5.38. The first kappa shape index (κ1) is 15.0. The zero-order valence-corrected chi connectivity index (χ0v) is 11.6. The first-order valence-corrected chi connectivity index (χ1v) is 7.03. The summed E-state index contributed by atoms with van der Waals surface area (Å²) in [7, 11) is 0. The Morgan fingerprint density at radius 2 is 1.94 bits per heavy atom. The van der Waals surface area contributed by atoms with Gasteiger partial charge in [0.05, 0.1) is 18.9 Å². The summed E-state index contributed by atoms with van der Waals surface area (Å²) in [6.07, 6.45) is 9.87. The molecule has 0 aromatic carbocycles. The van der Waals surface area contributed by atoms with Crippen LogP contribution in [-0.4, -0.2) is 16.7 Å². The molecule has 1 unspecified atom stereocenters. The molecule has 0 aliphatic rings.